The van der Waals surface area contributed by atoms with Gasteiger partial charge in [-0.3, -0.25) is 39.0 Å². The quantitative estimate of drug-likeness (QED) is 0.168. The predicted molar refractivity (Wildman–Crippen MR) is 235 cm³/mol. The van der Waals surface area contributed by atoms with Crippen LogP contribution in [0.2, 0.25) is 0 Å². The molecule has 1 unspecified atom stereocenters. The van der Waals surface area contributed by atoms with E-state index in [0.717, 1.165) is 26.5 Å². The molecular weight excluding hydrogens is 849 g/mol. The number of piperidine rings is 2. The standard InChI is InChI=1S/C43H48N10O8S2/c1-63(60,61)52-14-12-27(13-15-52)46-34-22-37(47-28-6-9-33-36(20-28)62-24-45-33)44-23-32(34)39(55)48-26-4-2-25(3-5-26)41(57)51-18-16-50(17-19-51)29-7-8-30-31(21-29)43(59)53(42(30)58)35-10-11-38(54)49-40(35)56/h6-9,20-27,35H,2-5,10-19H2,1H3,(H,48,55)(H2,44,46,47)(H,49,54,56). The number of rotatable bonds is 10. The van der Waals surface area contributed by atoms with Gasteiger partial charge in [0.05, 0.1) is 44.4 Å². The van der Waals surface area contributed by atoms with E-state index < -0.39 is 39.7 Å². The van der Waals surface area contributed by atoms with Crippen LogP contribution in [-0.2, 0) is 24.4 Å². The fourth-order valence-electron chi connectivity index (χ4n) is 9.30. The number of pyridine rings is 1. The summed E-state index contributed by atoms with van der Waals surface area (Å²) in [6.45, 7) is 2.81. The first-order valence-electron chi connectivity index (χ1n) is 21.3. The number of hydrogen-bond acceptors (Lipinski definition) is 14. The lowest BCUT2D eigenvalue weighted by molar-refractivity contribution is -0.137. The summed E-state index contributed by atoms with van der Waals surface area (Å²) in [4.78, 5) is 92.2. The maximum Gasteiger partial charge on any atom is 0.262 e. The SMILES string of the molecule is CS(=O)(=O)N1CCC(Nc2cc(Nc3ccc4ncsc4c3)ncc2C(=O)NC2CCC(C(=O)N3CCN(c4ccc5c(c4)C(=O)N(C4CCC(=O)NC4=O)C5=O)CC3)CC2)CC1. The van der Waals surface area contributed by atoms with Gasteiger partial charge in [-0.25, -0.2) is 22.7 Å². The average molecular weight is 897 g/mol. The van der Waals surface area contributed by atoms with E-state index in [1.165, 1.54) is 21.9 Å². The van der Waals surface area contributed by atoms with Crippen LogP contribution in [0, 0.1) is 5.92 Å². The van der Waals surface area contributed by atoms with Crippen molar-refractivity contribution in [1.82, 2.24) is 34.7 Å². The molecule has 5 aliphatic rings. The molecule has 6 heterocycles. The highest BCUT2D eigenvalue weighted by Gasteiger charge is 2.45. The molecule has 1 aliphatic carbocycles. The lowest BCUT2D eigenvalue weighted by Crippen LogP contribution is -2.54. The van der Waals surface area contributed by atoms with E-state index in [0.29, 0.717) is 94.9 Å². The largest absolute Gasteiger partial charge is 0.381 e. The Morgan fingerprint density at radius 1 is 0.810 bits per heavy atom. The van der Waals surface area contributed by atoms with Gasteiger partial charge in [0, 0.05) is 87.3 Å². The summed E-state index contributed by atoms with van der Waals surface area (Å²) in [5, 5.41) is 12.3. The molecule has 1 saturated carbocycles. The minimum Gasteiger partial charge on any atom is -0.381 e. The number of nitrogens with one attached hydrogen (secondary N) is 4. The molecule has 2 aromatic heterocycles. The lowest BCUT2D eigenvalue weighted by atomic mass is 9.85. The fraction of sp³-hybridized carbons (Fsp3) is 0.442. The first kappa shape index (κ1) is 42.3. The van der Waals surface area contributed by atoms with Crippen LogP contribution in [0.15, 0.2) is 54.2 Å². The van der Waals surface area contributed by atoms with Crippen molar-refractivity contribution in [2.45, 2.75) is 69.5 Å². The third-order valence-electron chi connectivity index (χ3n) is 12.8. The zero-order valence-corrected chi connectivity index (χ0v) is 36.3. The molecule has 4 aromatic rings. The highest BCUT2D eigenvalue weighted by Crippen LogP contribution is 2.33. The van der Waals surface area contributed by atoms with E-state index in [4.69, 9.17) is 0 Å². The Bertz CT molecular complexity index is 2610. The Balaban J connectivity index is 0.792. The van der Waals surface area contributed by atoms with E-state index in [-0.39, 0.29) is 53.8 Å². The first-order chi connectivity index (χ1) is 30.3. The van der Waals surface area contributed by atoms with Gasteiger partial charge in [0.2, 0.25) is 27.7 Å². The van der Waals surface area contributed by atoms with Crippen LogP contribution in [0.5, 0.6) is 0 Å². The van der Waals surface area contributed by atoms with Gasteiger partial charge in [-0.1, -0.05) is 0 Å². The second-order valence-electron chi connectivity index (χ2n) is 16.9. The summed E-state index contributed by atoms with van der Waals surface area (Å²) in [5.74, 6) is -2.00. The summed E-state index contributed by atoms with van der Waals surface area (Å²) < 4.78 is 26.8. The Kier molecular flexibility index (Phi) is 11.6. The Labute approximate surface area is 367 Å². The second kappa shape index (κ2) is 17.3. The first-order valence-corrected chi connectivity index (χ1v) is 24.0. The molecule has 0 bridgehead atoms. The molecule has 0 spiro atoms. The molecule has 4 aliphatic heterocycles. The molecule has 6 amide bonds. The number of carbonyl (C=O) groups excluding carboxylic acids is 6. The Morgan fingerprint density at radius 3 is 2.29 bits per heavy atom. The number of aromatic nitrogens is 2. The third-order valence-corrected chi connectivity index (χ3v) is 14.9. The minimum absolute atomic E-state index is 0.0493. The van der Waals surface area contributed by atoms with Gasteiger partial charge in [0.1, 0.15) is 11.9 Å². The summed E-state index contributed by atoms with van der Waals surface area (Å²) in [5.41, 5.74) is 5.69. The van der Waals surface area contributed by atoms with Crippen molar-refractivity contribution in [2.75, 3.05) is 61.1 Å². The number of benzene rings is 2. The van der Waals surface area contributed by atoms with Crippen LogP contribution < -0.4 is 26.2 Å². The highest BCUT2D eigenvalue weighted by molar-refractivity contribution is 7.88. The topological polar surface area (TPSA) is 223 Å². The molecule has 2 aromatic carbocycles. The van der Waals surface area contributed by atoms with Gasteiger partial charge >= 0.3 is 0 Å². The summed E-state index contributed by atoms with van der Waals surface area (Å²) in [6, 6.07) is 11.5. The second-order valence-corrected chi connectivity index (χ2v) is 19.7. The number of anilines is 4. The molecule has 4 fully saturated rings. The maximum absolute atomic E-state index is 13.9. The normalized spacial score (nSPS) is 22.6. The van der Waals surface area contributed by atoms with Crippen molar-refractivity contribution in [3.8, 4) is 0 Å². The van der Waals surface area contributed by atoms with Crippen LogP contribution in [0.3, 0.4) is 0 Å². The van der Waals surface area contributed by atoms with Gasteiger partial charge in [0.15, 0.2) is 0 Å². The fourth-order valence-corrected chi connectivity index (χ4v) is 10.9. The summed E-state index contributed by atoms with van der Waals surface area (Å²) >= 11 is 1.54. The van der Waals surface area contributed by atoms with Crippen LogP contribution in [-0.4, -0.2) is 132 Å². The molecule has 20 heteroatoms. The average Bonchev–Trinajstić information content (AvgIpc) is 3.84. The van der Waals surface area contributed by atoms with Crippen molar-refractivity contribution in [3.63, 3.8) is 0 Å². The summed E-state index contributed by atoms with van der Waals surface area (Å²) in [6.07, 6.45) is 6.61. The highest BCUT2D eigenvalue weighted by atomic mass is 32.2. The van der Waals surface area contributed by atoms with Crippen molar-refractivity contribution in [1.29, 1.82) is 0 Å². The molecule has 18 nitrogen and oxygen atoms in total. The number of amides is 6. The van der Waals surface area contributed by atoms with Crippen molar-refractivity contribution in [2.24, 2.45) is 5.92 Å². The van der Waals surface area contributed by atoms with E-state index in [1.807, 2.05) is 29.2 Å². The lowest BCUT2D eigenvalue weighted by Gasteiger charge is -2.39. The number of sulfonamides is 1. The molecule has 330 valence electrons. The van der Waals surface area contributed by atoms with Crippen molar-refractivity contribution in [3.05, 3.63) is 70.9 Å². The van der Waals surface area contributed by atoms with Gasteiger partial charge < -0.3 is 25.8 Å². The monoisotopic (exact) mass is 896 g/mol. The molecule has 4 N–H and O–H groups in total. The maximum atomic E-state index is 13.9. The molecule has 1 atom stereocenters. The zero-order chi connectivity index (χ0) is 44.0. The van der Waals surface area contributed by atoms with Gasteiger partial charge in [-0.2, -0.15) is 0 Å². The van der Waals surface area contributed by atoms with Gasteiger partial charge in [-0.15, -0.1) is 11.3 Å². The summed E-state index contributed by atoms with van der Waals surface area (Å²) in [7, 11) is -3.30. The Hall–Kier alpha value is -5.99. The molecule has 0 radical (unpaired) electrons. The van der Waals surface area contributed by atoms with Crippen molar-refractivity contribution >= 4 is 89.9 Å². The molecule has 9 rings (SSSR count). The number of carbonyl (C=O) groups is 6. The van der Waals surface area contributed by atoms with E-state index in [9.17, 15) is 37.2 Å². The molecule has 3 saturated heterocycles. The number of hydrogen-bond donors (Lipinski definition) is 4. The van der Waals surface area contributed by atoms with Crippen molar-refractivity contribution < 1.29 is 37.2 Å². The van der Waals surface area contributed by atoms with Crippen LogP contribution in [0.4, 0.5) is 22.9 Å². The Morgan fingerprint density at radius 2 is 1.56 bits per heavy atom. The van der Waals surface area contributed by atoms with E-state index in [1.54, 1.807) is 29.9 Å². The number of piperazine rings is 1. The van der Waals surface area contributed by atoms with E-state index in [2.05, 4.69) is 36.1 Å². The van der Waals surface area contributed by atoms with Crippen LogP contribution >= 0.6 is 11.3 Å². The third kappa shape index (κ3) is 8.83. The smallest absolute Gasteiger partial charge is 0.262 e. The number of imide groups is 2. The zero-order valence-electron chi connectivity index (χ0n) is 34.7. The predicted octanol–water partition coefficient (Wildman–Crippen LogP) is 3.31. The van der Waals surface area contributed by atoms with Gasteiger partial charge in [-0.05, 0) is 81.3 Å². The van der Waals surface area contributed by atoms with Gasteiger partial charge in [0.25, 0.3) is 17.7 Å². The minimum atomic E-state index is -3.30. The molecule has 63 heavy (non-hydrogen) atoms. The number of fused-ring (bicyclic) bond motifs is 2. The number of nitrogens with zero attached hydrogens (tertiary/aromatic N) is 6. The van der Waals surface area contributed by atoms with Crippen LogP contribution in [0.1, 0.15) is 82.4 Å². The number of thiazole rings is 1. The van der Waals surface area contributed by atoms with E-state index >= 15 is 0 Å². The van der Waals surface area contributed by atoms with Crippen LogP contribution in [0.25, 0.3) is 10.2 Å². The molecular formula is C43H48N10O8S2.